The molecule has 5 rings (SSSR count). The van der Waals surface area contributed by atoms with Crippen molar-refractivity contribution in [3.05, 3.63) is 69.3 Å². The van der Waals surface area contributed by atoms with Crippen LogP contribution in [0.15, 0.2) is 42.6 Å². The van der Waals surface area contributed by atoms with Gasteiger partial charge in [-0.1, -0.05) is 35.3 Å². The first-order valence-corrected chi connectivity index (χ1v) is 10.7. The van der Waals surface area contributed by atoms with Crippen molar-refractivity contribution in [2.75, 3.05) is 16.8 Å². The zero-order valence-electron chi connectivity index (χ0n) is 16.7. The second-order valence-corrected chi connectivity index (χ2v) is 8.22. The predicted molar refractivity (Wildman–Crippen MR) is 121 cm³/mol. The average Bonchev–Trinajstić information content (AvgIpc) is 2.75. The maximum atomic E-state index is 13.2. The Morgan fingerprint density at radius 3 is 2.81 bits per heavy atom. The number of nitrogens with one attached hydrogen (secondary N) is 2. The Bertz CT molecular complexity index is 1170. The number of benzene rings is 2. The molecule has 2 aromatic carbocycles. The van der Waals surface area contributed by atoms with Crippen LogP contribution in [-0.2, 0) is 13.0 Å². The Morgan fingerprint density at radius 2 is 2.00 bits per heavy atom. The highest BCUT2D eigenvalue weighted by molar-refractivity contribution is 6.40. The quantitative estimate of drug-likeness (QED) is 0.602. The lowest BCUT2D eigenvalue weighted by molar-refractivity contribution is 0.0867. The van der Waals surface area contributed by atoms with Gasteiger partial charge in [-0.25, -0.2) is 4.98 Å². The van der Waals surface area contributed by atoms with Crippen molar-refractivity contribution in [1.29, 1.82) is 0 Å². The lowest BCUT2D eigenvalue weighted by Gasteiger charge is -2.34. The van der Waals surface area contributed by atoms with Gasteiger partial charge in [-0.05, 0) is 55.3 Å². The molecule has 1 unspecified atom stereocenters. The molecule has 1 amide bonds. The Hall–Kier alpha value is -2.87. The van der Waals surface area contributed by atoms with E-state index in [9.17, 15) is 4.79 Å². The zero-order valence-corrected chi connectivity index (χ0v) is 18.2. The fraction of sp³-hybridized carbons (Fsp3) is 0.227. The van der Waals surface area contributed by atoms with Crippen LogP contribution in [0.25, 0.3) is 0 Å². The monoisotopic (exact) mass is 455 g/mol. The van der Waals surface area contributed by atoms with Crippen molar-refractivity contribution >= 4 is 46.4 Å². The molecule has 0 aliphatic carbocycles. The summed E-state index contributed by atoms with van der Waals surface area (Å²) in [5.74, 6) is 0.255. The fourth-order valence-corrected chi connectivity index (χ4v) is 4.44. The molecule has 0 fully saturated rings. The highest BCUT2D eigenvalue weighted by atomic mass is 35.5. The third-order valence-corrected chi connectivity index (χ3v) is 5.99. The van der Waals surface area contributed by atoms with Crippen LogP contribution in [0.5, 0.6) is 5.88 Å². The van der Waals surface area contributed by atoms with Crippen molar-refractivity contribution in [1.82, 2.24) is 15.3 Å². The van der Waals surface area contributed by atoms with Crippen molar-refractivity contribution in [2.45, 2.75) is 26.1 Å². The van der Waals surface area contributed by atoms with Crippen molar-refractivity contribution in [3.63, 3.8) is 0 Å². The summed E-state index contributed by atoms with van der Waals surface area (Å²) in [7, 11) is 0. The summed E-state index contributed by atoms with van der Waals surface area (Å²) in [4.78, 5) is 23.3. The minimum atomic E-state index is -0.642. The third kappa shape index (κ3) is 3.69. The summed E-state index contributed by atoms with van der Waals surface area (Å²) in [5, 5.41) is 7.29. The lowest BCUT2D eigenvalue weighted by atomic mass is 10.0. The first kappa shape index (κ1) is 20.1. The van der Waals surface area contributed by atoms with E-state index in [1.54, 1.807) is 25.1 Å². The van der Waals surface area contributed by atoms with E-state index < -0.39 is 6.23 Å². The minimum Gasteiger partial charge on any atom is -0.453 e. The molecule has 2 aliphatic heterocycles. The van der Waals surface area contributed by atoms with Crippen LogP contribution in [0.4, 0.5) is 17.3 Å². The van der Waals surface area contributed by atoms with Crippen LogP contribution in [0.1, 0.15) is 28.4 Å². The third-order valence-electron chi connectivity index (χ3n) is 5.38. The van der Waals surface area contributed by atoms with Crippen molar-refractivity contribution < 1.29 is 9.53 Å². The average molecular weight is 456 g/mol. The highest BCUT2D eigenvalue weighted by Gasteiger charge is 2.36. The van der Waals surface area contributed by atoms with E-state index in [1.807, 2.05) is 6.07 Å². The van der Waals surface area contributed by atoms with E-state index in [1.165, 1.54) is 22.2 Å². The molecule has 1 atom stereocenters. The zero-order chi connectivity index (χ0) is 21.5. The normalized spacial score (nSPS) is 17.6. The summed E-state index contributed by atoms with van der Waals surface area (Å²) >= 11 is 12.6. The maximum absolute atomic E-state index is 13.2. The first-order valence-electron chi connectivity index (χ1n) is 9.92. The molecule has 7 nitrogen and oxygen atoms in total. The topological polar surface area (TPSA) is 79.4 Å². The van der Waals surface area contributed by atoms with Crippen LogP contribution >= 0.6 is 23.2 Å². The summed E-state index contributed by atoms with van der Waals surface area (Å²) in [5.41, 5.74) is 4.13. The van der Waals surface area contributed by atoms with Crippen LogP contribution in [0, 0.1) is 0 Å². The standard InChI is InChI=1S/C22H19Cl2N5O2/c1-12-29(19-17(23)3-2-4-18(19)24)21(30)16-11-26-22(28-20(16)31-12)27-15-6-5-14-10-25-8-7-13(14)9-15/h2-6,9,11-12,25H,7-8,10H2,1H3,(H,26,27,28). The van der Waals surface area contributed by atoms with Gasteiger partial charge in [0, 0.05) is 18.4 Å². The summed E-state index contributed by atoms with van der Waals surface area (Å²) < 4.78 is 5.94. The van der Waals surface area contributed by atoms with Gasteiger partial charge in [-0.2, -0.15) is 4.98 Å². The maximum Gasteiger partial charge on any atom is 0.268 e. The minimum absolute atomic E-state index is 0.219. The number of amides is 1. The van der Waals surface area contributed by atoms with Gasteiger partial charge in [0.15, 0.2) is 6.23 Å². The summed E-state index contributed by atoms with van der Waals surface area (Å²) in [6, 6.07) is 11.3. The molecule has 1 aromatic heterocycles. The molecular weight excluding hydrogens is 437 g/mol. The van der Waals surface area contributed by atoms with Crippen LogP contribution < -0.4 is 20.3 Å². The Morgan fingerprint density at radius 1 is 1.19 bits per heavy atom. The molecule has 2 aliphatic rings. The van der Waals surface area contributed by atoms with Gasteiger partial charge < -0.3 is 15.4 Å². The molecule has 0 saturated heterocycles. The molecular formula is C22H19Cl2N5O2. The van der Waals surface area contributed by atoms with E-state index in [0.29, 0.717) is 21.7 Å². The molecule has 0 saturated carbocycles. The van der Waals surface area contributed by atoms with Crippen LogP contribution in [0.2, 0.25) is 10.0 Å². The largest absolute Gasteiger partial charge is 0.453 e. The number of anilines is 3. The van der Waals surface area contributed by atoms with Crippen LogP contribution in [0.3, 0.4) is 0 Å². The van der Waals surface area contributed by atoms with Gasteiger partial charge in [-0.15, -0.1) is 0 Å². The molecule has 0 bridgehead atoms. The van der Waals surface area contributed by atoms with E-state index in [2.05, 4.69) is 32.7 Å². The predicted octanol–water partition coefficient (Wildman–Crippen LogP) is 4.56. The SMILES string of the molecule is CC1Oc2nc(Nc3ccc4c(c3)CCNC4)ncc2C(=O)N1c1c(Cl)cccc1Cl. The number of hydrogen-bond acceptors (Lipinski definition) is 6. The number of hydrogen-bond donors (Lipinski definition) is 2. The molecule has 0 radical (unpaired) electrons. The highest BCUT2D eigenvalue weighted by Crippen LogP contribution is 2.39. The Labute approximate surface area is 189 Å². The first-order chi connectivity index (χ1) is 15.0. The summed E-state index contributed by atoms with van der Waals surface area (Å²) in [6.45, 7) is 3.59. The van der Waals surface area contributed by atoms with Crippen LogP contribution in [-0.4, -0.2) is 28.6 Å². The number of ether oxygens (including phenoxy) is 1. The molecule has 2 N–H and O–H groups in total. The number of rotatable bonds is 3. The van der Waals surface area contributed by atoms with E-state index in [-0.39, 0.29) is 17.4 Å². The number of aromatic nitrogens is 2. The van der Waals surface area contributed by atoms with Gasteiger partial charge in [0.25, 0.3) is 5.91 Å². The number of nitrogens with zero attached hydrogens (tertiary/aromatic N) is 3. The molecule has 3 aromatic rings. The second-order valence-electron chi connectivity index (χ2n) is 7.41. The fourth-order valence-electron chi connectivity index (χ4n) is 3.86. The van der Waals surface area contributed by atoms with Crippen molar-refractivity contribution in [2.24, 2.45) is 0 Å². The van der Waals surface area contributed by atoms with E-state index >= 15 is 0 Å². The summed E-state index contributed by atoms with van der Waals surface area (Å²) in [6.07, 6.45) is 1.79. The Balaban J connectivity index is 1.43. The molecule has 0 spiro atoms. The second kappa shape index (κ2) is 8.00. The van der Waals surface area contributed by atoms with Gasteiger partial charge in [0.2, 0.25) is 11.8 Å². The van der Waals surface area contributed by atoms with Gasteiger partial charge in [0.1, 0.15) is 5.56 Å². The van der Waals surface area contributed by atoms with Crippen molar-refractivity contribution in [3.8, 4) is 5.88 Å². The van der Waals surface area contributed by atoms with Gasteiger partial charge >= 0.3 is 0 Å². The number of carbonyl (C=O) groups is 1. The number of fused-ring (bicyclic) bond motifs is 2. The number of carbonyl (C=O) groups excluding carboxylic acids is 1. The van der Waals surface area contributed by atoms with E-state index in [4.69, 9.17) is 27.9 Å². The lowest BCUT2D eigenvalue weighted by Crippen LogP contribution is -2.46. The smallest absolute Gasteiger partial charge is 0.268 e. The van der Waals surface area contributed by atoms with Gasteiger partial charge in [-0.3, -0.25) is 9.69 Å². The molecule has 9 heteroatoms. The van der Waals surface area contributed by atoms with E-state index in [0.717, 1.165) is 25.2 Å². The van der Waals surface area contributed by atoms with Gasteiger partial charge in [0.05, 0.1) is 15.7 Å². The molecule has 158 valence electrons. The Kier molecular flexibility index (Phi) is 5.17. The number of halogens is 2. The molecule has 31 heavy (non-hydrogen) atoms. The number of para-hydroxylation sites is 1. The molecule has 3 heterocycles.